The number of rotatable bonds is 21. The Kier molecular flexibility index (Phi) is 58.3. The summed E-state index contributed by atoms with van der Waals surface area (Å²) >= 11 is 0. The molecule has 0 spiro atoms. The van der Waals surface area contributed by atoms with Gasteiger partial charge in [-0.2, -0.15) is 20.4 Å². The minimum atomic E-state index is -0.995. The molecular weight excluding hydrogens is 1090 g/mol. The van der Waals surface area contributed by atoms with Gasteiger partial charge in [0.15, 0.2) is 0 Å². The molecule has 4 aromatic heterocycles. The highest BCUT2D eigenvalue weighted by Crippen LogP contribution is 2.17. The van der Waals surface area contributed by atoms with Crippen LogP contribution in [0.15, 0.2) is 24.3 Å². The lowest BCUT2D eigenvalue weighted by Crippen LogP contribution is -2.36. The lowest BCUT2D eigenvalue weighted by Gasteiger charge is -2.29. The van der Waals surface area contributed by atoms with Gasteiger partial charge >= 0.3 is 0 Å². The monoisotopic (exact) mass is 1230 g/mol. The van der Waals surface area contributed by atoms with Gasteiger partial charge in [0.05, 0.1) is 49.4 Å². The van der Waals surface area contributed by atoms with Gasteiger partial charge in [-0.1, -0.05) is 145 Å². The van der Waals surface area contributed by atoms with Crippen LogP contribution in [0.25, 0.3) is 0 Å². The fraction of sp³-hybridized carbons (Fsp3) is 0.814. The van der Waals surface area contributed by atoms with Crippen molar-refractivity contribution in [2.45, 2.75) is 260 Å². The third kappa shape index (κ3) is 48.8. The van der Waals surface area contributed by atoms with Crippen LogP contribution >= 0.6 is 0 Å². The summed E-state index contributed by atoms with van der Waals surface area (Å²) in [6.07, 6.45) is 6.21. The molecular formula is C70H142BN11O5. The first-order valence-corrected chi connectivity index (χ1v) is 33.4. The van der Waals surface area contributed by atoms with E-state index >= 15 is 0 Å². The third-order valence-electron chi connectivity index (χ3n) is 14.4. The van der Waals surface area contributed by atoms with Gasteiger partial charge in [0.25, 0.3) is 0 Å². The molecule has 2 atom stereocenters. The maximum absolute atomic E-state index is 9.28. The van der Waals surface area contributed by atoms with E-state index in [2.05, 4.69) is 192 Å². The van der Waals surface area contributed by atoms with Crippen LogP contribution in [-0.2, 0) is 33.0 Å². The van der Waals surface area contributed by atoms with E-state index in [1.165, 1.54) is 108 Å². The summed E-state index contributed by atoms with van der Waals surface area (Å²) < 4.78 is 7.78. The van der Waals surface area contributed by atoms with Crippen LogP contribution in [0.2, 0.25) is 6.82 Å². The number of carbonyl (C=O) groups is 1. The quantitative estimate of drug-likeness (QED) is 0.0459. The van der Waals surface area contributed by atoms with Gasteiger partial charge in [-0.05, 0) is 191 Å². The zero-order valence-electron chi connectivity index (χ0n) is 62.2. The number of likely N-dealkylation sites (tertiary alicyclic amines) is 1. The second-order valence-corrected chi connectivity index (χ2v) is 25.7. The van der Waals surface area contributed by atoms with Crippen LogP contribution in [0.1, 0.15) is 253 Å². The minimum Gasteiger partial charge on any atom is -0.394 e. The highest BCUT2D eigenvalue weighted by Gasteiger charge is 2.18. The lowest BCUT2D eigenvalue weighted by atomic mass is 10.0. The number of nitrogens with zero attached hydrogens (tertiary/aromatic N) is 11. The third-order valence-corrected chi connectivity index (χ3v) is 14.4. The molecule has 5 rings (SSSR count). The zero-order valence-corrected chi connectivity index (χ0v) is 62.2. The molecule has 16 nitrogen and oxygen atoms in total. The topological polar surface area (TPSA) is 179 Å². The molecule has 4 N–H and O–H groups in total. The Labute approximate surface area is 538 Å². The number of aliphatic hydroxyl groups excluding tert-OH is 4. The number of hydrogen-bond acceptors (Lipinski definition) is 12. The van der Waals surface area contributed by atoms with Gasteiger partial charge in [-0.3, -0.25) is 18.7 Å². The van der Waals surface area contributed by atoms with Gasteiger partial charge in [-0.15, -0.1) is 0 Å². The van der Waals surface area contributed by atoms with Gasteiger partial charge in [0, 0.05) is 64.1 Å². The van der Waals surface area contributed by atoms with Crippen molar-refractivity contribution in [3.05, 3.63) is 69.8 Å². The first kappa shape index (κ1) is 92.0. The predicted octanol–water partition coefficient (Wildman–Crippen LogP) is 13.8. The van der Waals surface area contributed by atoms with Crippen molar-refractivity contribution in [2.24, 2.45) is 51.9 Å². The Hall–Kier alpha value is -3.71. The molecule has 0 amide bonds. The van der Waals surface area contributed by atoms with Crippen molar-refractivity contribution < 1.29 is 25.2 Å². The number of aromatic nitrogens is 8. The largest absolute Gasteiger partial charge is 0.394 e. The fourth-order valence-electron chi connectivity index (χ4n) is 9.06. The Bertz CT molecular complexity index is 1940. The molecule has 17 heteroatoms. The van der Waals surface area contributed by atoms with E-state index in [4.69, 9.17) is 20.1 Å². The van der Waals surface area contributed by atoms with Crippen LogP contribution in [0.3, 0.4) is 0 Å². The zero-order chi connectivity index (χ0) is 68.7. The lowest BCUT2D eigenvalue weighted by molar-refractivity contribution is -0.106. The van der Waals surface area contributed by atoms with Crippen LogP contribution in [0.5, 0.6) is 0 Å². The van der Waals surface area contributed by atoms with Crippen LogP contribution < -0.4 is 0 Å². The number of aliphatic hydroxyl groups is 4. The van der Waals surface area contributed by atoms with E-state index in [0.29, 0.717) is 23.7 Å². The first-order chi connectivity index (χ1) is 40.5. The van der Waals surface area contributed by atoms with Crippen LogP contribution in [0, 0.1) is 51.4 Å². The van der Waals surface area contributed by atoms with Gasteiger partial charge in [0.2, 0.25) is 0 Å². The summed E-state index contributed by atoms with van der Waals surface area (Å²) in [6, 6.07) is 8.52. The van der Waals surface area contributed by atoms with Gasteiger partial charge in [0.1, 0.15) is 12.4 Å². The molecule has 2 radical (unpaired) electrons. The summed E-state index contributed by atoms with van der Waals surface area (Å²) in [4.78, 5) is 16.2. The molecule has 1 aliphatic rings. The van der Waals surface area contributed by atoms with E-state index in [-0.39, 0.29) is 18.6 Å². The highest BCUT2D eigenvalue weighted by molar-refractivity contribution is 6.05. The average Bonchev–Trinajstić information content (AvgIpc) is 4.42. The van der Waals surface area contributed by atoms with Crippen molar-refractivity contribution in [1.29, 1.82) is 0 Å². The van der Waals surface area contributed by atoms with E-state index in [1.807, 2.05) is 74.6 Å². The van der Waals surface area contributed by atoms with Crippen molar-refractivity contribution in [3.63, 3.8) is 0 Å². The normalized spacial score (nSPS) is 12.9. The summed E-state index contributed by atoms with van der Waals surface area (Å²) in [5, 5.41) is 52.4. The molecule has 0 bridgehead atoms. The molecule has 1 aliphatic heterocycles. The van der Waals surface area contributed by atoms with Crippen LogP contribution in [-0.4, -0.2) is 172 Å². The summed E-state index contributed by atoms with van der Waals surface area (Å²) in [5.74, 6) is 4.81. The standard InChI is InChI=1S/C10H21NO.C10H23N.C9H21N.4C8H14N2.C6H14O3.C2H4O.CH3B/c1-9(2)3-6-11-7-4-10(12)5-8-11;1-5-11(6-2)9-7-8-10(3)4;1-5-10(6-2)8-7-9(3)4;4*1-6(2)8-5-7(3)9-10(8)4;1-4(2)6(9)5(8)3-7;1-2-3;1-2/h9-10,12H,3-8H2,1-2H3;10H,5-9H2,1-4H3;9H,5-8H2,1-4H3;4*5-6H,1-4H3;4-9H,3H2,1-2H3;2H,1H3;1H3. The number of hydrogen-bond donors (Lipinski definition) is 4. The second kappa shape index (κ2) is 55.2. The molecule has 0 aromatic carbocycles. The molecule has 1 fully saturated rings. The Balaban J connectivity index is -0.000000291. The number of aryl methyl sites for hydroxylation is 8. The average molecular weight is 1230 g/mol. The van der Waals surface area contributed by atoms with Gasteiger partial charge in [-0.25, -0.2) is 0 Å². The number of carbonyl (C=O) groups excluding carboxylic acids is 1. The first-order valence-electron chi connectivity index (χ1n) is 33.4. The Morgan fingerprint density at radius 3 is 0.989 bits per heavy atom. The number of piperidine rings is 1. The fourth-order valence-corrected chi connectivity index (χ4v) is 9.06. The number of aldehydes is 1. The van der Waals surface area contributed by atoms with Crippen LogP contribution in [0.4, 0.5) is 0 Å². The molecule has 0 saturated carbocycles. The molecule has 2 unspecified atom stereocenters. The summed E-state index contributed by atoms with van der Waals surface area (Å²) in [6.45, 7) is 65.0. The van der Waals surface area contributed by atoms with Crippen molar-refractivity contribution in [2.75, 3.05) is 65.5 Å². The maximum Gasteiger partial charge on any atom is 0.116 e. The SMILES string of the molecule is CC(C)C(O)C(O)CO.CC(C)CCN1CCC(O)CC1.CC=O.CCN(CC)CCC(C)C.CCN(CC)CCCC(C)C.Cc1cc(C(C)C)n(C)n1.Cc1cc(C(C)C)n(C)n1.Cc1cc(C(C)C)n(C)n1.Cc1cc(C(C)C)n(C)n1.[B]C. The van der Waals surface area contributed by atoms with Gasteiger partial charge < -0.3 is 39.9 Å². The van der Waals surface area contributed by atoms with Crippen molar-refractivity contribution >= 4 is 14.1 Å². The Morgan fingerprint density at radius 2 is 0.805 bits per heavy atom. The van der Waals surface area contributed by atoms with Crippen molar-refractivity contribution in [1.82, 2.24) is 53.8 Å². The summed E-state index contributed by atoms with van der Waals surface area (Å²) in [7, 11) is 12.5. The van der Waals surface area contributed by atoms with E-state index in [9.17, 15) is 5.11 Å². The molecule has 1 saturated heterocycles. The highest BCUT2D eigenvalue weighted by atomic mass is 16.4. The molecule has 5 heterocycles. The summed E-state index contributed by atoms with van der Waals surface area (Å²) in [5.41, 5.74) is 9.62. The second-order valence-electron chi connectivity index (χ2n) is 25.7. The predicted molar refractivity (Wildman–Crippen MR) is 376 cm³/mol. The molecule has 4 aromatic rings. The molecule has 510 valence electrons. The van der Waals surface area contributed by atoms with E-state index in [0.717, 1.165) is 72.7 Å². The smallest absolute Gasteiger partial charge is 0.116 e. The van der Waals surface area contributed by atoms with Crippen molar-refractivity contribution in [3.8, 4) is 0 Å². The minimum absolute atomic E-state index is 0.00727. The Morgan fingerprint density at radius 1 is 0.529 bits per heavy atom. The van der Waals surface area contributed by atoms with E-state index < -0.39 is 12.2 Å². The molecule has 87 heavy (non-hydrogen) atoms. The van der Waals surface area contributed by atoms with E-state index in [1.54, 1.807) is 13.8 Å². The molecule has 0 aliphatic carbocycles. The maximum atomic E-state index is 9.28.